The maximum atomic E-state index is 12.7. The van der Waals surface area contributed by atoms with Crippen LogP contribution in [-0.4, -0.2) is 31.3 Å². The summed E-state index contributed by atoms with van der Waals surface area (Å²) in [6, 6.07) is 25.0. The molecule has 0 radical (unpaired) electrons. The Labute approximate surface area is 209 Å². The lowest BCUT2D eigenvalue weighted by atomic mass is 10.0. The van der Waals surface area contributed by atoms with Crippen molar-refractivity contribution in [2.75, 3.05) is 13.2 Å². The van der Waals surface area contributed by atoms with E-state index in [0.29, 0.717) is 41.4 Å². The number of fused-ring (bicyclic) bond motifs is 1. The summed E-state index contributed by atoms with van der Waals surface area (Å²) in [5.41, 5.74) is 4.16. The van der Waals surface area contributed by atoms with Crippen LogP contribution in [0.5, 0.6) is 17.2 Å². The number of esters is 1. The molecule has 7 nitrogen and oxygen atoms in total. The number of nitrogens with zero attached hydrogens (tertiary/aromatic N) is 1. The molecule has 1 amide bonds. The number of rotatable bonds is 9. The first-order chi connectivity index (χ1) is 17.6. The van der Waals surface area contributed by atoms with Crippen LogP contribution in [0, 0.1) is 0 Å². The fraction of sp³-hybridized carbons (Fsp3) is 0.138. The molecule has 4 aromatic rings. The first-order valence-corrected chi connectivity index (χ1v) is 11.6. The maximum Gasteiger partial charge on any atom is 0.343 e. The summed E-state index contributed by atoms with van der Waals surface area (Å²) in [6.07, 6.45) is 1.50. The third-order valence-electron chi connectivity index (χ3n) is 5.29. The smallest absolute Gasteiger partial charge is 0.343 e. The Hall–Kier alpha value is -4.65. The van der Waals surface area contributed by atoms with E-state index < -0.39 is 5.97 Å². The number of nitrogens with one attached hydrogen (secondary N) is 1. The molecule has 0 heterocycles. The van der Waals surface area contributed by atoms with Gasteiger partial charge in [0.1, 0.15) is 5.75 Å². The molecule has 0 fully saturated rings. The molecule has 0 bridgehead atoms. The Morgan fingerprint density at radius 2 is 1.58 bits per heavy atom. The SMILES string of the molecule is CCOc1ccc(C(=O)Oc2ccc(/C=N/NC(=O)c3cccc4ccccc34)cc2OCC)cc1. The van der Waals surface area contributed by atoms with Gasteiger partial charge < -0.3 is 14.2 Å². The molecule has 182 valence electrons. The Morgan fingerprint density at radius 1 is 0.833 bits per heavy atom. The summed E-state index contributed by atoms with van der Waals surface area (Å²) in [5, 5.41) is 5.92. The second kappa shape index (κ2) is 11.7. The van der Waals surface area contributed by atoms with Crippen LogP contribution in [-0.2, 0) is 0 Å². The largest absolute Gasteiger partial charge is 0.494 e. The van der Waals surface area contributed by atoms with Gasteiger partial charge in [0, 0.05) is 5.56 Å². The molecular weight excluding hydrogens is 456 g/mol. The van der Waals surface area contributed by atoms with Crippen molar-refractivity contribution >= 4 is 28.9 Å². The predicted molar refractivity (Wildman–Crippen MR) is 139 cm³/mol. The molecule has 4 rings (SSSR count). The van der Waals surface area contributed by atoms with Gasteiger partial charge in [0.15, 0.2) is 11.5 Å². The highest BCUT2D eigenvalue weighted by Crippen LogP contribution is 2.29. The number of hydrogen-bond acceptors (Lipinski definition) is 6. The number of hydrogen-bond donors (Lipinski definition) is 1. The quantitative estimate of drug-likeness (QED) is 0.145. The van der Waals surface area contributed by atoms with Gasteiger partial charge >= 0.3 is 5.97 Å². The van der Waals surface area contributed by atoms with Crippen LogP contribution in [0.2, 0.25) is 0 Å². The van der Waals surface area contributed by atoms with Crippen molar-refractivity contribution < 1.29 is 23.8 Å². The minimum absolute atomic E-state index is 0.285. The molecule has 0 unspecified atom stereocenters. The Kier molecular flexibility index (Phi) is 7.93. The molecule has 1 N–H and O–H groups in total. The van der Waals surface area contributed by atoms with Gasteiger partial charge in [-0.3, -0.25) is 4.79 Å². The molecule has 0 spiro atoms. The molecule has 0 aliphatic heterocycles. The molecule has 0 aliphatic carbocycles. The van der Waals surface area contributed by atoms with E-state index in [0.717, 1.165) is 10.8 Å². The van der Waals surface area contributed by atoms with Gasteiger partial charge in [0.05, 0.1) is 25.0 Å². The average molecular weight is 483 g/mol. The summed E-state index contributed by atoms with van der Waals surface area (Å²) >= 11 is 0. The Morgan fingerprint density at radius 3 is 2.36 bits per heavy atom. The number of carbonyl (C=O) groups excluding carboxylic acids is 2. The van der Waals surface area contributed by atoms with Gasteiger partial charge in [-0.25, -0.2) is 10.2 Å². The van der Waals surface area contributed by atoms with Crippen molar-refractivity contribution in [3.05, 3.63) is 102 Å². The van der Waals surface area contributed by atoms with Crippen LogP contribution in [0.1, 0.15) is 40.1 Å². The van der Waals surface area contributed by atoms with E-state index in [1.807, 2.05) is 50.2 Å². The van der Waals surface area contributed by atoms with Crippen molar-refractivity contribution in [3.8, 4) is 17.2 Å². The summed E-state index contributed by atoms with van der Waals surface area (Å²) < 4.78 is 16.6. The molecule has 4 aromatic carbocycles. The first kappa shape index (κ1) is 24.5. The number of hydrazone groups is 1. The van der Waals surface area contributed by atoms with E-state index in [2.05, 4.69) is 10.5 Å². The van der Waals surface area contributed by atoms with Gasteiger partial charge in [-0.1, -0.05) is 36.4 Å². The van der Waals surface area contributed by atoms with E-state index in [-0.39, 0.29) is 11.7 Å². The van der Waals surface area contributed by atoms with E-state index in [4.69, 9.17) is 14.2 Å². The topological polar surface area (TPSA) is 86.2 Å². The lowest BCUT2D eigenvalue weighted by Crippen LogP contribution is -2.17. The minimum Gasteiger partial charge on any atom is -0.494 e. The second-order valence-corrected chi connectivity index (χ2v) is 7.71. The summed E-state index contributed by atoms with van der Waals surface area (Å²) in [6.45, 7) is 4.66. The van der Waals surface area contributed by atoms with Gasteiger partial charge in [0.2, 0.25) is 0 Å². The van der Waals surface area contributed by atoms with Crippen LogP contribution in [0.3, 0.4) is 0 Å². The molecule has 0 saturated heterocycles. The standard InChI is InChI=1S/C29H26N2O5/c1-3-34-23-15-13-22(14-16-23)29(33)36-26-17-12-20(18-27(26)35-4-2)19-30-31-28(32)25-11-7-9-21-8-5-6-10-24(21)25/h5-19H,3-4H2,1-2H3,(H,31,32)/b30-19+. The lowest BCUT2D eigenvalue weighted by molar-refractivity contribution is 0.0728. The number of benzene rings is 4. The third-order valence-corrected chi connectivity index (χ3v) is 5.29. The van der Waals surface area contributed by atoms with Crippen molar-refractivity contribution in [2.45, 2.75) is 13.8 Å². The minimum atomic E-state index is -0.511. The third kappa shape index (κ3) is 5.88. The van der Waals surface area contributed by atoms with E-state index >= 15 is 0 Å². The van der Waals surface area contributed by atoms with Gasteiger partial charge in [-0.05, 0) is 78.7 Å². The molecule has 36 heavy (non-hydrogen) atoms. The average Bonchev–Trinajstić information content (AvgIpc) is 2.90. The Bertz CT molecular complexity index is 1390. The van der Waals surface area contributed by atoms with Crippen molar-refractivity contribution in [2.24, 2.45) is 5.10 Å². The van der Waals surface area contributed by atoms with Gasteiger partial charge in [-0.2, -0.15) is 5.10 Å². The summed E-state index contributed by atoms with van der Waals surface area (Å²) in [5.74, 6) is 0.533. The molecule has 0 atom stereocenters. The number of amides is 1. The van der Waals surface area contributed by atoms with Crippen LogP contribution in [0.4, 0.5) is 0 Å². The first-order valence-electron chi connectivity index (χ1n) is 11.6. The molecular formula is C29H26N2O5. The van der Waals surface area contributed by atoms with Crippen molar-refractivity contribution in [3.63, 3.8) is 0 Å². The highest BCUT2D eigenvalue weighted by Gasteiger charge is 2.14. The highest BCUT2D eigenvalue weighted by molar-refractivity contribution is 6.07. The van der Waals surface area contributed by atoms with Crippen LogP contribution < -0.4 is 19.6 Å². The van der Waals surface area contributed by atoms with Gasteiger partial charge in [-0.15, -0.1) is 0 Å². The zero-order valence-electron chi connectivity index (χ0n) is 20.1. The lowest BCUT2D eigenvalue weighted by Gasteiger charge is -2.11. The van der Waals surface area contributed by atoms with Crippen LogP contribution >= 0.6 is 0 Å². The van der Waals surface area contributed by atoms with Crippen LogP contribution in [0.25, 0.3) is 10.8 Å². The van der Waals surface area contributed by atoms with Crippen molar-refractivity contribution in [1.82, 2.24) is 5.43 Å². The molecule has 0 aromatic heterocycles. The highest BCUT2D eigenvalue weighted by atomic mass is 16.6. The normalized spacial score (nSPS) is 10.8. The zero-order valence-corrected chi connectivity index (χ0v) is 20.1. The monoisotopic (exact) mass is 482 g/mol. The van der Waals surface area contributed by atoms with Gasteiger partial charge in [0.25, 0.3) is 5.91 Å². The Balaban J connectivity index is 1.45. The second-order valence-electron chi connectivity index (χ2n) is 7.71. The van der Waals surface area contributed by atoms with Crippen LogP contribution in [0.15, 0.2) is 90.0 Å². The number of carbonyl (C=O) groups is 2. The maximum absolute atomic E-state index is 12.7. The van der Waals surface area contributed by atoms with E-state index in [1.54, 1.807) is 48.5 Å². The summed E-state index contributed by atoms with van der Waals surface area (Å²) in [4.78, 5) is 25.3. The summed E-state index contributed by atoms with van der Waals surface area (Å²) in [7, 11) is 0. The van der Waals surface area contributed by atoms with E-state index in [1.165, 1.54) is 6.21 Å². The molecule has 0 saturated carbocycles. The van der Waals surface area contributed by atoms with E-state index in [9.17, 15) is 9.59 Å². The fourth-order valence-corrected chi connectivity index (χ4v) is 3.62. The van der Waals surface area contributed by atoms with Crippen molar-refractivity contribution in [1.29, 1.82) is 0 Å². The predicted octanol–water partition coefficient (Wildman–Crippen LogP) is 5.62. The zero-order chi connectivity index (χ0) is 25.3. The molecule has 7 heteroatoms. The number of ether oxygens (including phenoxy) is 3. The molecule has 0 aliphatic rings. The fourth-order valence-electron chi connectivity index (χ4n) is 3.62.